The number of halogens is 1. The summed E-state index contributed by atoms with van der Waals surface area (Å²) in [5, 5.41) is 15.4. The number of allylic oxidation sites excluding steroid dienone is 1. The first-order valence-corrected chi connectivity index (χ1v) is 32.5. The first kappa shape index (κ1) is 60.2. The van der Waals surface area contributed by atoms with Gasteiger partial charge in [0, 0.05) is 50.7 Å². The Morgan fingerprint density at radius 1 is 0.674 bits per heavy atom. The van der Waals surface area contributed by atoms with Gasteiger partial charge in [0.2, 0.25) is 5.60 Å². The average Bonchev–Trinajstić information content (AvgIpc) is 1.07. The number of β-lactam (4-membered cyclic amide) rings is 1. The van der Waals surface area contributed by atoms with Crippen molar-refractivity contribution in [1.29, 1.82) is 0 Å². The molecular formula is C73H62ClN7O5S3. The summed E-state index contributed by atoms with van der Waals surface area (Å²) in [6.07, 6.45) is 1.75. The number of esters is 1. The summed E-state index contributed by atoms with van der Waals surface area (Å²) in [5.41, 5.74) is 4.75. The lowest BCUT2D eigenvalue weighted by Gasteiger charge is -2.50. The van der Waals surface area contributed by atoms with Crippen molar-refractivity contribution in [2.24, 2.45) is 5.16 Å². The van der Waals surface area contributed by atoms with Crippen molar-refractivity contribution in [3.63, 3.8) is 0 Å². The van der Waals surface area contributed by atoms with E-state index >= 15 is 14.4 Å². The van der Waals surface area contributed by atoms with Crippen LogP contribution < -0.4 is 16.0 Å². The molecule has 2 aliphatic rings. The molecule has 16 heteroatoms. The molecule has 12 nitrogen and oxygen atoms in total. The number of rotatable bonds is 24. The molecule has 89 heavy (non-hydrogen) atoms. The van der Waals surface area contributed by atoms with Gasteiger partial charge in [-0.25, -0.2) is 9.78 Å². The number of nitrogens with zero attached hydrogens (tertiary/aromatic N) is 4. The summed E-state index contributed by atoms with van der Waals surface area (Å²) in [6, 6.07) is 80.5. The predicted molar refractivity (Wildman–Crippen MR) is 357 cm³/mol. The summed E-state index contributed by atoms with van der Waals surface area (Å²) in [5.74, 6) is -0.431. The van der Waals surface area contributed by atoms with Crippen LogP contribution in [0.25, 0.3) is 0 Å². The highest BCUT2D eigenvalue weighted by Crippen LogP contribution is 2.47. The average molecular weight is 1250 g/mol. The second-order valence-corrected chi connectivity index (χ2v) is 25.1. The fourth-order valence-electron chi connectivity index (χ4n) is 11.6. The smallest absolute Gasteiger partial charge is 0.356 e. The van der Waals surface area contributed by atoms with E-state index in [0.29, 0.717) is 28.6 Å². The van der Waals surface area contributed by atoms with Crippen molar-refractivity contribution in [3.05, 3.63) is 332 Å². The van der Waals surface area contributed by atoms with Crippen molar-refractivity contribution < 1.29 is 24.0 Å². The van der Waals surface area contributed by atoms with Crippen LogP contribution in [0, 0.1) is 0 Å². The zero-order valence-corrected chi connectivity index (χ0v) is 51.7. The van der Waals surface area contributed by atoms with Crippen LogP contribution in [-0.4, -0.2) is 69.8 Å². The van der Waals surface area contributed by atoms with Gasteiger partial charge in [-0.05, 0) is 59.8 Å². The van der Waals surface area contributed by atoms with E-state index in [-0.39, 0.29) is 21.4 Å². The van der Waals surface area contributed by atoms with Crippen LogP contribution in [-0.2, 0) is 40.9 Å². The molecule has 1 saturated heterocycles. The van der Waals surface area contributed by atoms with Gasteiger partial charge in [0.25, 0.3) is 11.8 Å². The third-order valence-electron chi connectivity index (χ3n) is 15.9. The SMILES string of the molecule is CNCCSCc1ncccc1SC1=C(C(=O)OC(c2ccccc2)c2ccccc2)N2C(=O)C(NC(=O)C(=NOC(c3ccccc3)(c3ccccc3)c3ccccc3)c3nc(NC(c4ccccc4)(c4ccccc4)c4ccccc4)sc3Cl)C2CC1. The van der Waals surface area contributed by atoms with Gasteiger partial charge in [0.1, 0.15) is 27.3 Å². The molecular weight excluding hydrogens is 1190 g/mol. The molecule has 1 fully saturated rings. The number of hydrogen-bond acceptors (Lipinski definition) is 13. The molecule has 0 radical (unpaired) electrons. The molecule has 2 aromatic heterocycles. The maximum atomic E-state index is 15.8. The minimum atomic E-state index is -1.43. The summed E-state index contributed by atoms with van der Waals surface area (Å²) >= 11 is 11.8. The molecule has 10 aromatic rings. The lowest BCUT2D eigenvalue weighted by molar-refractivity contribution is -0.158. The molecule has 0 bridgehead atoms. The number of aromatic nitrogens is 2. The Bertz CT molecular complexity index is 3870. The van der Waals surface area contributed by atoms with Gasteiger partial charge >= 0.3 is 5.97 Å². The standard InChI is InChI=1S/C73H62ClN7O5S3/c1-75-47-48-87-49-58-60(43-26-46-76-58)88-61-45-44-59-62(69(83)81(59)65(61)70(84)85-66(50-27-10-2-11-28-50)51-29-12-3-13-30-51)77-68(82)64(80-86-73(55-37-20-7-21-38-55,56-39-22-8-23-40-56)57-41-24-9-25-42-57)63-67(74)89-71(78-63)79-72(52-31-14-4-15-32-52,53-33-16-5-17-34-53)54-35-18-6-19-36-54/h2-43,46,59,62,66,75H,44-45,47-49H2,1H3,(H,77,82)(H,78,79). The highest BCUT2D eigenvalue weighted by atomic mass is 35.5. The summed E-state index contributed by atoms with van der Waals surface area (Å²) in [6.45, 7) is 0.839. The van der Waals surface area contributed by atoms with Gasteiger partial charge in [-0.15, -0.1) is 0 Å². The molecule has 3 N–H and O–H groups in total. The Morgan fingerprint density at radius 2 is 1.16 bits per heavy atom. The molecule has 8 aromatic carbocycles. The number of anilines is 1. The number of hydrogen-bond donors (Lipinski definition) is 3. The molecule has 0 aliphatic carbocycles. The highest BCUT2D eigenvalue weighted by Gasteiger charge is 2.55. The molecule has 12 rings (SSSR count). The Balaban J connectivity index is 0.950. The van der Waals surface area contributed by atoms with E-state index in [9.17, 15) is 0 Å². The number of oxime groups is 1. The number of amides is 2. The Labute approximate surface area is 535 Å². The van der Waals surface area contributed by atoms with Gasteiger partial charge in [0.15, 0.2) is 16.9 Å². The van der Waals surface area contributed by atoms with E-state index < -0.39 is 47.1 Å². The molecule has 4 heterocycles. The van der Waals surface area contributed by atoms with E-state index in [0.717, 1.165) is 78.7 Å². The van der Waals surface area contributed by atoms with Crippen molar-refractivity contribution in [2.75, 3.05) is 24.7 Å². The zero-order valence-electron chi connectivity index (χ0n) is 48.5. The van der Waals surface area contributed by atoms with Gasteiger partial charge in [0.05, 0.1) is 11.7 Å². The van der Waals surface area contributed by atoms with E-state index in [4.69, 9.17) is 36.3 Å². The molecule has 2 unspecified atom stereocenters. The number of pyridine rings is 1. The molecule has 0 spiro atoms. The molecule has 2 aliphatic heterocycles. The number of thiazole rings is 1. The van der Waals surface area contributed by atoms with Gasteiger partial charge < -0.3 is 25.5 Å². The normalized spacial score (nSPS) is 15.0. The second kappa shape index (κ2) is 27.9. The number of ether oxygens (including phenoxy) is 1. The maximum absolute atomic E-state index is 15.8. The van der Waals surface area contributed by atoms with Crippen LogP contribution in [0.4, 0.5) is 5.13 Å². The predicted octanol–water partition coefficient (Wildman–Crippen LogP) is 14.6. The number of carbonyl (C=O) groups excluding carboxylic acids is 3. The van der Waals surface area contributed by atoms with Crippen molar-refractivity contribution >= 4 is 75.1 Å². The monoisotopic (exact) mass is 1250 g/mol. The number of thioether (sulfide) groups is 2. The Kier molecular flexibility index (Phi) is 18.9. The number of benzene rings is 8. The van der Waals surface area contributed by atoms with Gasteiger partial charge in [-0.1, -0.05) is 283 Å². The fourth-order valence-corrected chi connectivity index (χ4v) is 14.9. The second-order valence-electron chi connectivity index (χ2n) is 21.3. The lowest BCUT2D eigenvalue weighted by Crippen LogP contribution is -2.72. The molecule has 444 valence electrons. The zero-order chi connectivity index (χ0) is 61.0. The molecule has 2 atom stereocenters. The molecule has 2 amide bonds. The van der Waals surface area contributed by atoms with Crippen LogP contribution in [0.15, 0.2) is 282 Å². The van der Waals surface area contributed by atoms with Gasteiger partial charge in [-0.3, -0.25) is 19.5 Å². The van der Waals surface area contributed by atoms with Gasteiger partial charge in [-0.2, -0.15) is 11.8 Å². The molecule has 0 saturated carbocycles. The van der Waals surface area contributed by atoms with E-state index in [2.05, 4.69) is 52.3 Å². The largest absolute Gasteiger partial charge is 0.448 e. The quantitative estimate of drug-likeness (QED) is 0.0133. The maximum Gasteiger partial charge on any atom is 0.356 e. The van der Waals surface area contributed by atoms with Crippen LogP contribution in [0.5, 0.6) is 0 Å². The van der Waals surface area contributed by atoms with Crippen LogP contribution >= 0.6 is 46.5 Å². The van der Waals surface area contributed by atoms with Crippen LogP contribution in [0.3, 0.4) is 0 Å². The lowest BCUT2D eigenvalue weighted by atomic mass is 9.77. The topological polar surface area (TPSA) is 147 Å². The Morgan fingerprint density at radius 3 is 1.65 bits per heavy atom. The summed E-state index contributed by atoms with van der Waals surface area (Å²) < 4.78 is 6.72. The Hall–Kier alpha value is -9.09. The minimum Gasteiger partial charge on any atom is -0.448 e. The first-order chi connectivity index (χ1) is 43.8. The number of carbonyl (C=O) groups is 3. The van der Waals surface area contributed by atoms with E-state index in [1.54, 1.807) is 18.0 Å². The first-order valence-electron chi connectivity index (χ1n) is 29.3. The minimum absolute atomic E-state index is 0.0159. The van der Waals surface area contributed by atoms with Crippen molar-refractivity contribution in [2.45, 2.75) is 52.8 Å². The van der Waals surface area contributed by atoms with Crippen LogP contribution in [0.2, 0.25) is 4.34 Å². The number of fused-ring (bicyclic) bond motifs is 1. The third kappa shape index (κ3) is 12.7. The van der Waals surface area contributed by atoms with Crippen LogP contribution in [0.1, 0.15) is 74.8 Å². The number of nitrogens with one attached hydrogen (secondary N) is 3. The highest BCUT2D eigenvalue weighted by molar-refractivity contribution is 8.03. The third-order valence-corrected chi connectivity index (χ3v) is 19.2. The van der Waals surface area contributed by atoms with Crippen molar-refractivity contribution in [3.8, 4) is 0 Å². The summed E-state index contributed by atoms with van der Waals surface area (Å²) in [4.78, 5) is 66.5. The van der Waals surface area contributed by atoms with E-state index in [1.807, 2.05) is 225 Å². The summed E-state index contributed by atoms with van der Waals surface area (Å²) in [7, 11) is 1.93. The van der Waals surface area contributed by atoms with E-state index in [1.165, 1.54) is 16.7 Å². The van der Waals surface area contributed by atoms with Crippen molar-refractivity contribution in [1.82, 2.24) is 25.5 Å². The fraction of sp³-hybridized carbons (Fsp3) is 0.151.